The van der Waals surface area contributed by atoms with Crippen LogP contribution in [0.3, 0.4) is 0 Å². The normalized spacial score (nSPS) is 10.5. The number of amides is 1. The molecule has 0 bridgehead atoms. The van der Waals surface area contributed by atoms with Crippen LogP contribution in [0.2, 0.25) is 0 Å². The number of carbonyl (C=O) groups excluding carboxylic acids is 1. The van der Waals surface area contributed by atoms with Crippen molar-refractivity contribution in [1.82, 2.24) is 0 Å². The summed E-state index contributed by atoms with van der Waals surface area (Å²) in [5.74, 6) is 0.988. The third kappa shape index (κ3) is 5.43. The summed E-state index contributed by atoms with van der Waals surface area (Å²) in [4.78, 5) is 13.6. The first-order valence-electron chi connectivity index (χ1n) is 8.36. The molecule has 122 valence electrons. The highest BCUT2D eigenvalue weighted by atomic mass is 32.2. The summed E-state index contributed by atoms with van der Waals surface area (Å²) in [7, 11) is 0. The van der Waals surface area contributed by atoms with Crippen molar-refractivity contribution in [2.75, 3.05) is 11.1 Å². The van der Waals surface area contributed by atoms with Crippen molar-refractivity contribution in [3.63, 3.8) is 0 Å². The number of hydrogen-bond acceptors (Lipinski definition) is 2. The number of aryl methyl sites for hydroxylation is 1. The lowest BCUT2D eigenvalue weighted by Crippen LogP contribution is -2.13. The van der Waals surface area contributed by atoms with Crippen molar-refractivity contribution in [3.8, 4) is 0 Å². The Bertz CT molecular complexity index is 622. The minimum Gasteiger partial charge on any atom is -0.322 e. The van der Waals surface area contributed by atoms with Gasteiger partial charge in [0.2, 0.25) is 0 Å². The van der Waals surface area contributed by atoms with E-state index >= 15 is 0 Å². The number of rotatable bonds is 8. The van der Waals surface area contributed by atoms with Crippen LogP contribution in [0, 0.1) is 0 Å². The van der Waals surface area contributed by atoms with E-state index in [-0.39, 0.29) is 5.91 Å². The van der Waals surface area contributed by atoms with Gasteiger partial charge in [-0.2, -0.15) is 0 Å². The largest absolute Gasteiger partial charge is 0.322 e. The molecule has 0 aromatic heterocycles. The zero-order valence-electron chi connectivity index (χ0n) is 14.0. The molecule has 0 radical (unpaired) electrons. The molecule has 1 amide bonds. The Kier molecular flexibility index (Phi) is 7.21. The van der Waals surface area contributed by atoms with Gasteiger partial charge in [-0.3, -0.25) is 4.79 Å². The van der Waals surface area contributed by atoms with E-state index in [1.165, 1.54) is 18.4 Å². The topological polar surface area (TPSA) is 29.1 Å². The summed E-state index contributed by atoms with van der Waals surface area (Å²) in [5.41, 5.74) is 2.93. The summed E-state index contributed by atoms with van der Waals surface area (Å²) in [6, 6.07) is 16.0. The van der Waals surface area contributed by atoms with Gasteiger partial charge in [0.15, 0.2) is 0 Å². The Morgan fingerprint density at radius 2 is 1.74 bits per heavy atom. The van der Waals surface area contributed by atoms with Crippen molar-refractivity contribution < 1.29 is 4.79 Å². The van der Waals surface area contributed by atoms with Crippen molar-refractivity contribution in [1.29, 1.82) is 0 Å². The van der Waals surface area contributed by atoms with Gasteiger partial charge < -0.3 is 5.32 Å². The second kappa shape index (κ2) is 9.41. The molecule has 2 aromatic carbocycles. The van der Waals surface area contributed by atoms with Gasteiger partial charge in [-0.25, -0.2) is 0 Å². The lowest BCUT2D eigenvalue weighted by atomic mass is 10.1. The van der Waals surface area contributed by atoms with Gasteiger partial charge in [0.1, 0.15) is 0 Å². The third-order valence-electron chi connectivity index (χ3n) is 3.62. The fraction of sp³-hybridized carbons (Fsp3) is 0.350. The maximum atomic E-state index is 12.5. The van der Waals surface area contributed by atoms with E-state index in [2.05, 4.69) is 31.3 Å². The second-order valence-electron chi connectivity index (χ2n) is 5.60. The first-order chi connectivity index (χ1) is 11.2. The van der Waals surface area contributed by atoms with Crippen molar-refractivity contribution >= 4 is 23.4 Å². The average Bonchev–Trinajstić information content (AvgIpc) is 2.59. The van der Waals surface area contributed by atoms with E-state index in [4.69, 9.17) is 0 Å². The number of nitrogens with one attached hydrogen (secondary N) is 1. The van der Waals surface area contributed by atoms with Gasteiger partial charge in [-0.1, -0.05) is 44.5 Å². The quantitative estimate of drug-likeness (QED) is 0.622. The minimum atomic E-state index is -0.0366. The summed E-state index contributed by atoms with van der Waals surface area (Å²) in [6.07, 6.45) is 4.60. The van der Waals surface area contributed by atoms with Gasteiger partial charge in [0.05, 0.1) is 5.56 Å². The predicted octanol–water partition coefficient (Wildman–Crippen LogP) is 5.78. The molecule has 23 heavy (non-hydrogen) atoms. The van der Waals surface area contributed by atoms with E-state index in [9.17, 15) is 4.79 Å². The molecule has 3 heteroatoms. The molecule has 0 fully saturated rings. The molecular weight excluding hydrogens is 302 g/mol. The molecule has 0 aliphatic carbocycles. The first kappa shape index (κ1) is 17.6. The van der Waals surface area contributed by atoms with Crippen LogP contribution < -0.4 is 5.32 Å². The van der Waals surface area contributed by atoms with Crippen molar-refractivity contribution in [2.45, 2.75) is 44.4 Å². The molecule has 0 unspecified atom stereocenters. The standard InChI is InChI=1S/C20H25NOS/c1-3-5-8-16-11-13-17(14-12-16)21-20(22)18-9-6-7-10-19(18)23-15-4-2/h6-7,9-14H,3-5,8,15H2,1-2H3,(H,21,22). The van der Waals surface area contributed by atoms with E-state index in [0.717, 1.165) is 34.7 Å². The zero-order valence-corrected chi connectivity index (χ0v) is 14.8. The van der Waals surface area contributed by atoms with Crippen LogP contribution in [0.5, 0.6) is 0 Å². The smallest absolute Gasteiger partial charge is 0.256 e. The monoisotopic (exact) mass is 327 g/mol. The molecule has 0 saturated heterocycles. The Hall–Kier alpha value is -1.74. The van der Waals surface area contributed by atoms with Gasteiger partial charge in [-0.05, 0) is 54.8 Å². The van der Waals surface area contributed by atoms with E-state index in [0.29, 0.717) is 0 Å². The highest BCUT2D eigenvalue weighted by Gasteiger charge is 2.11. The summed E-state index contributed by atoms with van der Waals surface area (Å²) < 4.78 is 0. The Morgan fingerprint density at radius 3 is 2.43 bits per heavy atom. The lowest BCUT2D eigenvalue weighted by Gasteiger charge is -2.10. The Morgan fingerprint density at radius 1 is 1.00 bits per heavy atom. The maximum absolute atomic E-state index is 12.5. The number of carbonyl (C=O) groups is 1. The van der Waals surface area contributed by atoms with Crippen LogP contribution in [0.4, 0.5) is 5.69 Å². The Balaban J connectivity index is 2.04. The van der Waals surface area contributed by atoms with Gasteiger partial charge >= 0.3 is 0 Å². The van der Waals surface area contributed by atoms with Crippen LogP contribution in [0.15, 0.2) is 53.4 Å². The minimum absolute atomic E-state index is 0.0366. The zero-order chi connectivity index (χ0) is 16.5. The van der Waals surface area contributed by atoms with E-state index in [1.807, 2.05) is 36.4 Å². The van der Waals surface area contributed by atoms with Crippen LogP contribution in [-0.2, 0) is 6.42 Å². The third-order valence-corrected chi connectivity index (χ3v) is 4.90. The highest BCUT2D eigenvalue weighted by molar-refractivity contribution is 7.99. The summed E-state index contributed by atoms with van der Waals surface area (Å²) in [6.45, 7) is 4.35. The number of hydrogen-bond donors (Lipinski definition) is 1. The molecular formula is C20H25NOS. The second-order valence-corrected chi connectivity index (χ2v) is 6.74. The van der Waals surface area contributed by atoms with Gasteiger partial charge in [0, 0.05) is 10.6 Å². The molecule has 0 spiro atoms. The fourth-order valence-corrected chi connectivity index (χ4v) is 3.24. The molecule has 2 nitrogen and oxygen atoms in total. The van der Waals surface area contributed by atoms with Crippen LogP contribution in [0.25, 0.3) is 0 Å². The first-order valence-corrected chi connectivity index (χ1v) is 9.35. The predicted molar refractivity (Wildman–Crippen MR) is 100 cm³/mol. The number of benzene rings is 2. The molecule has 0 saturated carbocycles. The maximum Gasteiger partial charge on any atom is 0.256 e. The van der Waals surface area contributed by atoms with Crippen LogP contribution in [0.1, 0.15) is 49.0 Å². The molecule has 0 aliphatic heterocycles. The molecule has 2 aromatic rings. The molecule has 1 N–H and O–H groups in total. The van der Waals surface area contributed by atoms with Crippen molar-refractivity contribution in [3.05, 3.63) is 59.7 Å². The Labute approximate surface area is 143 Å². The molecule has 0 atom stereocenters. The highest BCUT2D eigenvalue weighted by Crippen LogP contribution is 2.24. The molecule has 2 rings (SSSR count). The average molecular weight is 327 g/mol. The number of unbranched alkanes of at least 4 members (excludes halogenated alkanes) is 1. The van der Waals surface area contributed by atoms with Gasteiger partial charge in [-0.15, -0.1) is 11.8 Å². The SMILES string of the molecule is CCCCc1ccc(NC(=O)c2ccccc2SCCC)cc1. The van der Waals surface area contributed by atoms with Crippen LogP contribution in [-0.4, -0.2) is 11.7 Å². The van der Waals surface area contributed by atoms with Crippen molar-refractivity contribution in [2.24, 2.45) is 0 Å². The van der Waals surface area contributed by atoms with E-state index < -0.39 is 0 Å². The summed E-state index contributed by atoms with van der Waals surface area (Å²) in [5, 5.41) is 3.01. The summed E-state index contributed by atoms with van der Waals surface area (Å²) >= 11 is 1.74. The number of thioether (sulfide) groups is 1. The van der Waals surface area contributed by atoms with Gasteiger partial charge in [0.25, 0.3) is 5.91 Å². The molecule has 0 heterocycles. The number of anilines is 1. The lowest BCUT2D eigenvalue weighted by molar-refractivity contribution is 0.102. The fourth-order valence-electron chi connectivity index (χ4n) is 2.33. The van der Waals surface area contributed by atoms with Crippen LogP contribution >= 0.6 is 11.8 Å². The molecule has 0 aliphatic rings. The van der Waals surface area contributed by atoms with E-state index in [1.54, 1.807) is 11.8 Å².